The van der Waals surface area contributed by atoms with E-state index in [1.807, 2.05) is 43.5 Å². The molecule has 1 aliphatic rings. The van der Waals surface area contributed by atoms with Gasteiger partial charge in [0, 0.05) is 41.0 Å². The number of anilines is 3. The van der Waals surface area contributed by atoms with E-state index < -0.39 is 0 Å². The van der Waals surface area contributed by atoms with Gasteiger partial charge >= 0.3 is 0 Å². The van der Waals surface area contributed by atoms with Gasteiger partial charge in [-0.2, -0.15) is 10.1 Å². The number of benzene rings is 1. The van der Waals surface area contributed by atoms with Crippen LogP contribution < -0.4 is 10.6 Å². The Balaban J connectivity index is 1.33. The lowest BCUT2D eigenvalue weighted by Crippen LogP contribution is -2.10. The maximum Gasteiger partial charge on any atom is 0.225 e. The van der Waals surface area contributed by atoms with Gasteiger partial charge in [-0.15, -0.1) is 0 Å². The quantitative estimate of drug-likeness (QED) is 0.364. The van der Waals surface area contributed by atoms with E-state index in [0.29, 0.717) is 17.7 Å². The number of nitrogens with one attached hydrogen (secondary N) is 4. The zero-order valence-corrected chi connectivity index (χ0v) is 16.1. The molecule has 1 atom stereocenters. The van der Waals surface area contributed by atoms with Gasteiger partial charge in [0.05, 0.1) is 11.1 Å². The molecule has 3 aromatic heterocycles. The van der Waals surface area contributed by atoms with Crippen molar-refractivity contribution in [2.24, 2.45) is 0 Å². The first-order valence-electron chi connectivity index (χ1n) is 9.35. The van der Waals surface area contributed by atoms with Crippen molar-refractivity contribution in [3.8, 4) is 0 Å². The number of aromatic amines is 2. The van der Waals surface area contributed by atoms with Gasteiger partial charge in [0.1, 0.15) is 5.82 Å². The Morgan fingerprint density at radius 3 is 2.93 bits per heavy atom. The first-order valence-corrected chi connectivity index (χ1v) is 9.72. The molecule has 1 unspecified atom stereocenters. The Morgan fingerprint density at radius 2 is 2.07 bits per heavy atom. The number of nitrogens with zero attached hydrogens (tertiary/aromatic N) is 3. The van der Waals surface area contributed by atoms with E-state index in [4.69, 9.17) is 11.6 Å². The summed E-state index contributed by atoms with van der Waals surface area (Å²) in [4.78, 5) is 12.1. The first-order chi connectivity index (χ1) is 13.7. The minimum absolute atomic E-state index is 0.0473. The monoisotopic (exact) mass is 393 g/mol. The van der Waals surface area contributed by atoms with Gasteiger partial charge in [0.15, 0.2) is 5.82 Å². The van der Waals surface area contributed by atoms with Gasteiger partial charge in [0.25, 0.3) is 0 Å². The van der Waals surface area contributed by atoms with Crippen LogP contribution in [-0.2, 0) is 0 Å². The van der Waals surface area contributed by atoms with E-state index in [9.17, 15) is 0 Å². The third kappa shape index (κ3) is 3.29. The molecule has 0 aliphatic heterocycles. The molecule has 4 N–H and O–H groups in total. The normalized spacial score (nSPS) is 14.9. The van der Waals surface area contributed by atoms with E-state index in [2.05, 4.69) is 35.8 Å². The number of aromatic nitrogens is 5. The van der Waals surface area contributed by atoms with Gasteiger partial charge in [-0.25, -0.2) is 4.98 Å². The zero-order valence-electron chi connectivity index (χ0n) is 15.3. The summed E-state index contributed by atoms with van der Waals surface area (Å²) in [6, 6.07) is 9.84. The summed E-state index contributed by atoms with van der Waals surface area (Å²) in [6.07, 6.45) is 6.08. The van der Waals surface area contributed by atoms with Crippen molar-refractivity contribution >= 4 is 40.1 Å². The summed E-state index contributed by atoms with van der Waals surface area (Å²) in [5.41, 5.74) is 3.20. The van der Waals surface area contributed by atoms with Crippen LogP contribution in [0.1, 0.15) is 43.0 Å². The van der Waals surface area contributed by atoms with Crippen LogP contribution in [0.25, 0.3) is 10.9 Å². The molecule has 1 fully saturated rings. The van der Waals surface area contributed by atoms with Crippen molar-refractivity contribution in [2.45, 2.75) is 31.7 Å². The fraction of sp³-hybridized carbons (Fsp3) is 0.250. The second-order valence-electron chi connectivity index (χ2n) is 7.15. The fourth-order valence-electron chi connectivity index (χ4n) is 3.35. The largest absolute Gasteiger partial charge is 0.361 e. The summed E-state index contributed by atoms with van der Waals surface area (Å²) in [5, 5.41) is 15.7. The number of rotatable bonds is 6. The van der Waals surface area contributed by atoms with Gasteiger partial charge < -0.3 is 15.6 Å². The molecule has 0 saturated heterocycles. The number of hydrogen-bond donors (Lipinski definition) is 4. The maximum absolute atomic E-state index is 6.59. The van der Waals surface area contributed by atoms with Crippen LogP contribution in [-0.4, -0.2) is 25.1 Å². The minimum Gasteiger partial charge on any atom is -0.361 e. The van der Waals surface area contributed by atoms with E-state index in [-0.39, 0.29) is 6.04 Å². The highest BCUT2D eigenvalue weighted by Gasteiger charge is 2.25. The molecule has 4 aromatic rings. The molecule has 0 radical (unpaired) electrons. The topological polar surface area (TPSA) is 94.3 Å². The number of fused-ring (bicyclic) bond motifs is 1. The lowest BCUT2D eigenvalue weighted by atomic mass is 10.1. The Kier molecular flexibility index (Phi) is 4.16. The average molecular weight is 394 g/mol. The van der Waals surface area contributed by atoms with Gasteiger partial charge in [0.2, 0.25) is 5.95 Å². The fourth-order valence-corrected chi connectivity index (χ4v) is 3.74. The third-order valence-electron chi connectivity index (χ3n) is 5.04. The number of halogens is 1. The summed E-state index contributed by atoms with van der Waals surface area (Å²) in [6.45, 7) is 2.04. The van der Waals surface area contributed by atoms with Crippen LogP contribution in [0.5, 0.6) is 0 Å². The molecule has 3 heterocycles. The molecule has 7 nitrogen and oxygen atoms in total. The van der Waals surface area contributed by atoms with Crippen LogP contribution in [0.3, 0.4) is 0 Å². The molecule has 0 bridgehead atoms. The molecule has 0 spiro atoms. The SMILES string of the molecule is CC(Nc1nccc(Nc2cc(C3CC3)[nH]n2)n1)c1ccc2[nH]ccc2c1Cl. The van der Waals surface area contributed by atoms with E-state index in [1.165, 1.54) is 18.5 Å². The predicted octanol–water partition coefficient (Wildman–Crippen LogP) is 5.13. The Bertz CT molecular complexity index is 1130. The molecule has 142 valence electrons. The van der Waals surface area contributed by atoms with Crippen molar-refractivity contribution < 1.29 is 0 Å². The van der Waals surface area contributed by atoms with Crippen LogP contribution in [0.15, 0.2) is 42.7 Å². The Labute approximate surface area is 166 Å². The van der Waals surface area contributed by atoms with E-state index in [0.717, 1.165) is 27.3 Å². The van der Waals surface area contributed by atoms with Crippen LogP contribution in [0.4, 0.5) is 17.6 Å². The molecule has 1 aromatic carbocycles. The van der Waals surface area contributed by atoms with Crippen LogP contribution in [0, 0.1) is 0 Å². The van der Waals surface area contributed by atoms with Gasteiger partial charge in [-0.3, -0.25) is 5.10 Å². The van der Waals surface area contributed by atoms with Crippen molar-refractivity contribution in [3.63, 3.8) is 0 Å². The average Bonchev–Trinajstić information content (AvgIpc) is 3.23. The van der Waals surface area contributed by atoms with Crippen LogP contribution in [0.2, 0.25) is 5.02 Å². The molecule has 8 heteroatoms. The Hall–Kier alpha value is -3.06. The highest BCUT2D eigenvalue weighted by molar-refractivity contribution is 6.36. The van der Waals surface area contributed by atoms with Crippen molar-refractivity contribution in [2.75, 3.05) is 10.6 Å². The van der Waals surface area contributed by atoms with Gasteiger partial charge in [-0.05, 0) is 43.5 Å². The summed E-state index contributed by atoms with van der Waals surface area (Å²) in [5.74, 6) is 2.61. The summed E-state index contributed by atoms with van der Waals surface area (Å²) in [7, 11) is 0. The maximum atomic E-state index is 6.59. The summed E-state index contributed by atoms with van der Waals surface area (Å²) < 4.78 is 0. The smallest absolute Gasteiger partial charge is 0.225 e. The first kappa shape index (κ1) is 17.1. The highest BCUT2D eigenvalue weighted by atomic mass is 35.5. The van der Waals surface area contributed by atoms with Crippen molar-refractivity contribution in [1.82, 2.24) is 25.1 Å². The Morgan fingerprint density at radius 1 is 1.18 bits per heavy atom. The third-order valence-corrected chi connectivity index (χ3v) is 5.46. The summed E-state index contributed by atoms with van der Waals surface area (Å²) >= 11 is 6.59. The lowest BCUT2D eigenvalue weighted by molar-refractivity contribution is 0.863. The molecule has 28 heavy (non-hydrogen) atoms. The van der Waals surface area contributed by atoms with Crippen molar-refractivity contribution in [3.05, 3.63) is 59.0 Å². The molecule has 1 aliphatic carbocycles. The highest BCUT2D eigenvalue weighted by Crippen LogP contribution is 2.39. The second-order valence-corrected chi connectivity index (χ2v) is 7.52. The van der Waals surface area contributed by atoms with Crippen LogP contribution >= 0.6 is 11.6 Å². The number of hydrogen-bond acceptors (Lipinski definition) is 5. The molecule has 0 amide bonds. The minimum atomic E-state index is -0.0473. The number of H-pyrrole nitrogens is 2. The predicted molar refractivity (Wildman–Crippen MR) is 111 cm³/mol. The van der Waals surface area contributed by atoms with Crippen molar-refractivity contribution in [1.29, 1.82) is 0 Å². The van der Waals surface area contributed by atoms with E-state index in [1.54, 1.807) is 6.20 Å². The van der Waals surface area contributed by atoms with Gasteiger partial charge in [-0.1, -0.05) is 17.7 Å². The second kappa shape index (κ2) is 6.83. The van der Waals surface area contributed by atoms with E-state index >= 15 is 0 Å². The lowest BCUT2D eigenvalue weighted by Gasteiger charge is -2.16. The molecule has 5 rings (SSSR count). The zero-order chi connectivity index (χ0) is 19.1. The molecule has 1 saturated carbocycles. The standard InChI is InChI=1S/C20H20ClN7/c1-11(13-4-5-15-14(19(13)21)6-8-22-15)24-20-23-9-7-17(26-20)25-18-10-16(27-28-18)12-2-3-12/h4-12,22H,2-3H2,1H3,(H3,23,24,25,26,27,28). The molecular formula is C20H20ClN7. The molecular weight excluding hydrogens is 374 g/mol.